The lowest BCUT2D eigenvalue weighted by Crippen LogP contribution is -2.14. The Labute approximate surface area is 197 Å². The number of carbonyl (C=O) groups excluding carboxylic acids is 2. The molecule has 0 amide bonds. The SMILES string of the molecule is O=C(CSCC(=O)OCCc1cccc2ccccc12)OCCc1cccc2ccccc12. The molecule has 0 saturated carbocycles. The summed E-state index contributed by atoms with van der Waals surface area (Å²) in [5.74, 6) is -0.366. The summed E-state index contributed by atoms with van der Waals surface area (Å²) in [6, 6.07) is 28.6. The van der Waals surface area contributed by atoms with Crippen molar-refractivity contribution in [3.8, 4) is 0 Å². The fourth-order valence-corrected chi connectivity index (χ4v) is 4.47. The number of hydrogen-bond donors (Lipinski definition) is 0. The highest BCUT2D eigenvalue weighted by Crippen LogP contribution is 2.20. The lowest BCUT2D eigenvalue weighted by molar-refractivity contribution is -0.140. The van der Waals surface area contributed by atoms with E-state index in [-0.39, 0.29) is 23.4 Å². The third kappa shape index (κ3) is 6.36. The Balaban J connectivity index is 1.13. The minimum Gasteiger partial charge on any atom is -0.465 e. The Kier molecular flexibility index (Phi) is 7.99. The highest BCUT2D eigenvalue weighted by Gasteiger charge is 2.09. The van der Waals surface area contributed by atoms with Gasteiger partial charge < -0.3 is 9.47 Å². The van der Waals surface area contributed by atoms with E-state index in [4.69, 9.17) is 9.47 Å². The van der Waals surface area contributed by atoms with Crippen molar-refractivity contribution in [1.29, 1.82) is 0 Å². The summed E-state index contributed by atoms with van der Waals surface area (Å²) in [5, 5.41) is 4.71. The number of rotatable bonds is 10. The van der Waals surface area contributed by atoms with E-state index in [1.54, 1.807) is 0 Å². The average Bonchev–Trinajstić information content (AvgIpc) is 2.84. The van der Waals surface area contributed by atoms with Gasteiger partial charge in [-0.2, -0.15) is 0 Å². The van der Waals surface area contributed by atoms with Crippen LogP contribution in [0, 0.1) is 0 Å². The third-order valence-corrected chi connectivity index (χ3v) is 6.35. The van der Waals surface area contributed by atoms with Crippen LogP contribution in [-0.4, -0.2) is 36.7 Å². The van der Waals surface area contributed by atoms with Crippen molar-refractivity contribution in [3.63, 3.8) is 0 Å². The first-order valence-corrected chi connectivity index (χ1v) is 12.2. The second kappa shape index (κ2) is 11.5. The van der Waals surface area contributed by atoms with Crippen LogP contribution in [0.2, 0.25) is 0 Å². The molecule has 168 valence electrons. The normalized spacial score (nSPS) is 10.9. The van der Waals surface area contributed by atoms with E-state index in [2.05, 4.69) is 48.5 Å². The molecule has 4 rings (SSSR count). The average molecular weight is 459 g/mol. The van der Waals surface area contributed by atoms with E-state index in [1.165, 1.54) is 33.3 Å². The van der Waals surface area contributed by atoms with Crippen LogP contribution in [0.15, 0.2) is 84.9 Å². The zero-order chi connectivity index (χ0) is 22.9. The van der Waals surface area contributed by atoms with Crippen molar-refractivity contribution in [2.75, 3.05) is 24.7 Å². The van der Waals surface area contributed by atoms with Gasteiger partial charge in [0.2, 0.25) is 0 Å². The predicted octanol–water partition coefficient (Wildman–Crippen LogP) is 5.60. The van der Waals surface area contributed by atoms with Crippen molar-refractivity contribution in [1.82, 2.24) is 0 Å². The van der Waals surface area contributed by atoms with E-state index < -0.39 is 0 Å². The Morgan fingerprint density at radius 2 is 1.00 bits per heavy atom. The molecule has 0 aliphatic heterocycles. The van der Waals surface area contributed by atoms with Crippen molar-refractivity contribution in [2.45, 2.75) is 12.8 Å². The van der Waals surface area contributed by atoms with Gasteiger partial charge in [-0.05, 0) is 32.7 Å². The van der Waals surface area contributed by atoms with Gasteiger partial charge in [0.25, 0.3) is 0 Å². The van der Waals surface area contributed by atoms with Gasteiger partial charge in [-0.15, -0.1) is 11.8 Å². The predicted molar refractivity (Wildman–Crippen MR) is 135 cm³/mol. The minimum absolute atomic E-state index is 0.133. The van der Waals surface area contributed by atoms with Gasteiger partial charge in [0.05, 0.1) is 24.7 Å². The summed E-state index contributed by atoms with van der Waals surface area (Å²) in [6.07, 6.45) is 1.32. The van der Waals surface area contributed by atoms with Crippen molar-refractivity contribution in [3.05, 3.63) is 96.1 Å². The third-order valence-electron chi connectivity index (χ3n) is 5.47. The Hall–Kier alpha value is -3.31. The molecule has 4 aromatic carbocycles. The van der Waals surface area contributed by atoms with E-state index >= 15 is 0 Å². The first-order valence-electron chi connectivity index (χ1n) is 11.0. The second-order valence-electron chi connectivity index (χ2n) is 7.71. The van der Waals surface area contributed by atoms with Crippen LogP contribution in [0.1, 0.15) is 11.1 Å². The molecule has 33 heavy (non-hydrogen) atoms. The molecule has 0 unspecified atom stereocenters. The van der Waals surface area contributed by atoms with E-state index in [0.717, 1.165) is 11.1 Å². The van der Waals surface area contributed by atoms with Gasteiger partial charge in [-0.1, -0.05) is 84.9 Å². The minimum atomic E-state index is -0.316. The molecule has 0 spiro atoms. The molecular formula is C28H26O4S. The lowest BCUT2D eigenvalue weighted by atomic mass is 10.0. The largest absolute Gasteiger partial charge is 0.465 e. The Morgan fingerprint density at radius 3 is 1.48 bits per heavy atom. The molecule has 4 nitrogen and oxygen atoms in total. The molecule has 0 aliphatic rings. The number of benzene rings is 4. The highest BCUT2D eigenvalue weighted by molar-refractivity contribution is 8.00. The zero-order valence-corrected chi connectivity index (χ0v) is 19.2. The monoisotopic (exact) mass is 458 g/mol. The van der Waals surface area contributed by atoms with E-state index in [1.807, 2.05) is 36.4 Å². The molecular weight excluding hydrogens is 432 g/mol. The van der Waals surface area contributed by atoms with E-state index in [0.29, 0.717) is 26.1 Å². The summed E-state index contributed by atoms with van der Waals surface area (Å²) in [7, 11) is 0. The molecule has 0 N–H and O–H groups in total. The standard InChI is InChI=1S/C28H26O4S/c29-27(31-17-15-23-11-5-9-21-7-1-3-13-25(21)23)19-33-20-28(30)32-18-16-24-12-6-10-22-8-2-4-14-26(22)24/h1-14H,15-20H2. The first kappa shape index (κ1) is 22.9. The number of hydrogen-bond acceptors (Lipinski definition) is 5. The smallest absolute Gasteiger partial charge is 0.315 e. The van der Waals surface area contributed by atoms with Crippen LogP contribution in [0.3, 0.4) is 0 Å². The molecule has 5 heteroatoms. The summed E-state index contributed by atoms with van der Waals surface area (Å²) >= 11 is 1.22. The van der Waals surface area contributed by atoms with Crippen LogP contribution in [-0.2, 0) is 31.9 Å². The molecule has 0 atom stereocenters. The van der Waals surface area contributed by atoms with Gasteiger partial charge in [-0.25, -0.2) is 0 Å². The summed E-state index contributed by atoms with van der Waals surface area (Å²) < 4.78 is 10.7. The van der Waals surface area contributed by atoms with Crippen molar-refractivity contribution >= 4 is 45.2 Å². The van der Waals surface area contributed by atoms with Crippen LogP contribution >= 0.6 is 11.8 Å². The molecule has 0 radical (unpaired) electrons. The molecule has 0 bridgehead atoms. The van der Waals surface area contributed by atoms with Gasteiger partial charge in [0, 0.05) is 12.8 Å². The van der Waals surface area contributed by atoms with Gasteiger partial charge in [-0.3, -0.25) is 9.59 Å². The van der Waals surface area contributed by atoms with Crippen molar-refractivity contribution in [2.24, 2.45) is 0 Å². The van der Waals surface area contributed by atoms with Crippen molar-refractivity contribution < 1.29 is 19.1 Å². The summed E-state index contributed by atoms with van der Waals surface area (Å²) in [5.41, 5.74) is 2.31. The molecule has 0 aromatic heterocycles. The van der Waals surface area contributed by atoms with Gasteiger partial charge in [0.1, 0.15) is 0 Å². The maximum Gasteiger partial charge on any atom is 0.315 e. The van der Waals surface area contributed by atoms with E-state index in [9.17, 15) is 9.59 Å². The molecule has 0 fully saturated rings. The quantitative estimate of drug-likeness (QED) is 0.290. The fourth-order valence-electron chi connectivity index (χ4n) is 3.87. The number of ether oxygens (including phenoxy) is 2. The zero-order valence-electron chi connectivity index (χ0n) is 18.4. The lowest BCUT2D eigenvalue weighted by Gasteiger charge is -2.09. The first-order chi connectivity index (χ1) is 16.2. The second-order valence-corrected chi connectivity index (χ2v) is 8.70. The van der Waals surface area contributed by atoms with Gasteiger partial charge >= 0.3 is 11.9 Å². The Morgan fingerprint density at radius 1 is 0.576 bits per heavy atom. The Bertz CT molecular complexity index is 1140. The molecule has 4 aromatic rings. The summed E-state index contributed by atoms with van der Waals surface area (Å²) in [4.78, 5) is 24.0. The van der Waals surface area contributed by atoms with Gasteiger partial charge in [0.15, 0.2) is 0 Å². The molecule has 0 saturated heterocycles. The number of fused-ring (bicyclic) bond motifs is 2. The van der Waals surface area contributed by atoms with Crippen LogP contribution in [0.5, 0.6) is 0 Å². The molecule has 0 heterocycles. The summed E-state index contributed by atoms with van der Waals surface area (Å²) in [6.45, 7) is 0.645. The number of esters is 2. The molecule has 0 aliphatic carbocycles. The van der Waals surface area contributed by atoms with Crippen LogP contribution < -0.4 is 0 Å². The maximum atomic E-state index is 12.0. The highest BCUT2D eigenvalue weighted by atomic mass is 32.2. The fraction of sp³-hybridized carbons (Fsp3) is 0.214. The van der Waals surface area contributed by atoms with Crippen LogP contribution in [0.25, 0.3) is 21.5 Å². The maximum absolute atomic E-state index is 12.0. The van der Waals surface area contributed by atoms with Crippen LogP contribution in [0.4, 0.5) is 0 Å². The number of thioether (sulfide) groups is 1. The topological polar surface area (TPSA) is 52.6 Å². The number of carbonyl (C=O) groups is 2.